The number of hydrogen-bond donors (Lipinski definition) is 1. The van der Waals surface area contributed by atoms with Gasteiger partial charge in [-0.25, -0.2) is 0 Å². The Balaban J connectivity index is 2.13. The van der Waals surface area contributed by atoms with Crippen molar-refractivity contribution in [3.63, 3.8) is 0 Å². The van der Waals surface area contributed by atoms with Crippen molar-refractivity contribution in [1.82, 2.24) is 0 Å². The second-order valence-corrected chi connectivity index (χ2v) is 5.65. The summed E-state index contributed by atoms with van der Waals surface area (Å²) in [6, 6.07) is 13.1. The summed E-state index contributed by atoms with van der Waals surface area (Å²) in [5.41, 5.74) is 1.14. The highest BCUT2D eigenvalue weighted by Gasteiger charge is 2.29. The molecule has 0 saturated carbocycles. The third kappa shape index (κ3) is 4.24. The maximum absolute atomic E-state index is 12.5. The van der Waals surface area contributed by atoms with Crippen LogP contribution in [0.3, 0.4) is 0 Å². The molecule has 2 aromatic carbocycles. The predicted octanol–water partition coefficient (Wildman–Crippen LogP) is 6.03. The average Bonchev–Trinajstić information content (AvgIpc) is 2.45. The first-order valence-corrected chi connectivity index (χ1v) is 7.38. The molecule has 1 atom stereocenters. The SMILES string of the molecule is CCC(Nc1ccc(C(F)(F)F)cc1)c1ccc(Br)cc1. The van der Waals surface area contributed by atoms with E-state index in [9.17, 15) is 13.2 Å². The molecular formula is C16H15BrF3N. The minimum absolute atomic E-state index is 0.0647. The van der Waals surface area contributed by atoms with E-state index in [-0.39, 0.29) is 6.04 Å². The maximum atomic E-state index is 12.5. The molecule has 0 aliphatic heterocycles. The summed E-state index contributed by atoms with van der Waals surface area (Å²) in [6.07, 6.45) is -3.46. The van der Waals surface area contributed by atoms with Gasteiger partial charge in [-0.1, -0.05) is 35.0 Å². The summed E-state index contributed by atoms with van der Waals surface area (Å²) in [5.74, 6) is 0. The molecule has 2 rings (SSSR count). The van der Waals surface area contributed by atoms with E-state index in [2.05, 4.69) is 21.2 Å². The highest BCUT2D eigenvalue weighted by Crippen LogP contribution is 2.31. The Morgan fingerprint density at radius 2 is 1.57 bits per heavy atom. The van der Waals surface area contributed by atoms with Gasteiger partial charge >= 0.3 is 6.18 Å². The molecule has 0 aliphatic carbocycles. The van der Waals surface area contributed by atoms with Gasteiger partial charge in [0.25, 0.3) is 0 Å². The van der Waals surface area contributed by atoms with Crippen LogP contribution in [0.2, 0.25) is 0 Å². The molecule has 5 heteroatoms. The molecule has 0 aliphatic rings. The lowest BCUT2D eigenvalue weighted by Crippen LogP contribution is -2.10. The fourth-order valence-corrected chi connectivity index (χ4v) is 2.34. The van der Waals surface area contributed by atoms with E-state index in [0.29, 0.717) is 5.69 Å². The van der Waals surface area contributed by atoms with E-state index in [4.69, 9.17) is 0 Å². The van der Waals surface area contributed by atoms with Crippen molar-refractivity contribution < 1.29 is 13.2 Å². The Kier molecular flexibility index (Phi) is 4.93. The van der Waals surface area contributed by atoms with Crippen LogP contribution in [-0.2, 0) is 6.18 Å². The van der Waals surface area contributed by atoms with Crippen LogP contribution in [0, 0.1) is 0 Å². The van der Waals surface area contributed by atoms with Crippen molar-refractivity contribution in [3.05, 3.63) is 64.1 Å². The van der Waals surface area contributed by atoms with Crippen LogP contribution in [0.25, 0.3) is 0 Å². The molecular weight excluding hydrogens is 343 g/mol. The molecule has 21 heavy (non-hydrogen) atoms. The molecule has 1 unspecified atom stereocenters. The van der Waals surface area contributed by atoms with Crippen molar-refractivity contribution in [2.45, 2.75) is 25.6 Å². The standard InChI is InChI=1S/C16H15BrF3N/c1-2-15(11-3-7-13(17)8-4-11)21-14-9-5-12(6-10-14)16(18,19)20/h3-10,15,21H,2H2,1H3. The minimum Gasteiger partial charge on any atom is -0.378 e. The predicted molar refractivity (Wildman–Crippen MR) is 82.2 cm³/mol. The lowest BCUT2D eigenvalue weighted by Gasteiger charge is -2.19. The molecule has 0 saturated heterocycles. The summed E-state index contributed by atoms with van der Waals surface area (Å²) in [7, 11) is 0. The summed E-state index contributed by atoms with van der Waals surface area (Å²) in [5, 5.41) is 3.26. The second kappa shape index (κ2) is 6.52. The highest BCUT2D eigenvalue weighted by molar-refractivity contribution is 9.10. The average molecular weight is 358 g/mol. The van der Waals surface area contributed by atoms with E-state index < -0.39 is 11.7 Å². The van der Waals surface area contributed by atoms with Gasteiger partial charge in [-0.3, -0.25) is 0 Å². The number of rotatable bonds is 4. The van der Waals surface area contributed by atoms with E-state index in [0.717, 1.165) is 28.6 Å². The summed E-state index contributed by atoms with van der Waals surface area (Å²) < 4.78 is 38.6. The Bertz CT molecular complexity index is 576. The van der Waals surface area contributed by atoms with Gasteiger partial charge in [0.2, 0.25) is 0 Å². The zero-order valence-electron chi connectivity index (χ0n) is 11.4. The van der Waals surface area contributed by atoms with Gasteiger partial charge in [-0.2, -0.15) is 13.2 Å². The Morgan fingerprint density at radius 3 is 2.05 bits per heavy atom. The molecule has 1 nitrogen and oxygen atoms in total. The highest BCUT2D eigenvalue weighted by atomic mass is 79.9. The molecule has 0 radical (unpaired) electrons. The van der Waals surface area contributed by atoms with Crippen LogP contribution in [0.5, 0.6) is 0 Å². The van der Waals surface area contributed by atoms with Crippen LogP contribution < -0.4 is 5.32 Å². The van der Waals surface area contributed by atoms with Crippen molar-refractivity contribution in [1.29, 1.82) is 0 Å². The first-order valence-electron chi connectivity index (χ1n) is 6.59. The number of halogens is 4. The molecule has 2 aromatic rings. The molecule has 0 spiro atoms. The number of alkyl halides is 3. The summed E-state index contributed by atoms with van der Waals surface area (Å²) >= 11 is 3.38. The molecule has 112 valence electrons. The third-order valence-electron chi connectivity index (χ3n) is 3.23. The van der Waals surface area contributed by atoms with Crippen LogP contribution in [0.1, 0.15) is 30.5 Å². The van der Waals surface area contributed by atoms with E-state index in [1.165, 1.54) is 12.1 Å². The van der Waals surface area contributed by atoms with Gasteiger partial charge in [-0.05, 0) is 48.4 Å². The fraction of sp³-hybridized carbons (Fsp3) is 0.250. The molecule has 1 N–H and O–H groups in total. The van der Waals surface area contributed by atoms with Crippen LogP contribution in [-0.4, -0.2) is 0 Å². The number of benzene rings is 2. The van der Waals surface area contributed by atoms with E-state index in [1.54, 1.807) is 0 Å². The zero-order valence-corrected chi connectivity index (χ0v) is 13.0. The molecule has 0 amide bonds. The van der Waals surface area contributed by atoms with Crippen LogP contribution >= 0.6 is 15.9 Å². The lowest BCUT2D eigenvalue weighted by atomic mass is 10.0. The second-order valence-electron chi connectivity index (χ2n) is 4.73. The molecule has 0 heterocycles. The monoisotopic (exact) mass is 357 g/mol. The zero-order chi connectivity index (χ0) is 15.5. The number of nitrogens with one attached hydrogen (secondary N) is 1. The molecule has 0 fully saturated rings. The van der Waals surface area contributed by atoms with Gasteiger partial charge in [0.05, 0.1) is 11.6 Å². The van der Waals surface area contributed by atoms with Gasteiger partial charge in [0, 0.05) is 10.2 Å². The molecule has 0 bridgehead atoms. The third-order valence-corrected chi connectivity index (χ3v) is 3.76. The molecule has 0 aromatic heterocycles. The van der Waals surface area contributed by atoms with Crippen LogP contribution in [0.15, 0.2) is 53.0 Å². The first-order chi connectivity index (χ1) is 9.90. The smallest absolute Gasteiger partial charge is 0.378 e. The van der Waals surface area contributed by atoms with Crippen molar-refractivity contribution in [2.75, 3.05) is 5.32 Å². The first kappa shape index (κ1) is 15.9. The number of hydrogen-bond acceptors (Lipinski definition) is 1. The van der Waals surface area contributed by atoms with Crippen LogP contribution in [0.4, 0.5) is 18.9 Å². The van der Waals surface area contributed by atoms with E-state index >= 15 is 0 Å². The Morgan fingerprint density at radius 1 is 1.00 bits per heavy atom. The number of anilines is 1. The fourth-order valence-electron chi connectivity index (χ4n) is 2.07. The Hall–Kier alpha value is -1.49. The largest absolute Gasteiger partial charge is 0.416 e. The summed E-state index contributed by atoms with van der Waals surface area (Å²) in [4.78, 5) is 0. The van der Waals surface area contributed by atoms with Gasteiger partial charge in [0.15, 0.2) is 0 Å². The summed E-state index contributed by atoms with van der Waals surface area (Å²) in [6.45, 7) is 2.03. The normalized spacial score (nSPS) is 13.0. The van der Waals surface area contributed by atoms with Gasteiger partial charge in [0.1, 0.15) is 0 Å². The van der Waals surface area contributed by atoms with Gasteiger partial charge in [-0.15, -0.1) is 0 Å². The quantitative estimate of drug-likeness (QED) is 0.704. The van der Waals surface area contributed by atoms with Crippen molar-refractivity contribution in [3.8, 4) is 0 Å². The van der Waals surface area contributed by atoms with Crippen molar-refractivity contribution >= 4 is 21.6 Å². The lowest BCUT2D eigenvalue weighted by molar-refractivity contribution is -0.137. The van der Waals surface area contributed by atoms with Crippen molar-refractivity contribution in [2.24, 2.45) is 0 Å². The topological polar surface area (TPSA) is 12.0 Å². The minimum atomic E-state index is -4.30. The van der Waals surface area contributed by atoms with E-state index in [1.807, 2.05) is 31.2 Å². The maximum Gasteiger partial charge on any atom is 0.416 e. The van der Waals surface area contributed by atoms with Gasteiger partial charge < -0.3 is 5.32 Å². The Labute approximate surface area is 130 Å².